The van der Waals surface area contributed by atoms with Gasteiger partial charge in [-0.3, -0.25) is 4.79 Å². The Morgan fingerprint density at radius 2 is 2.22 bits per heavy atom. The van der Waals surface area contributed by atoms with Crippen molar-refractivity contribution in [3.63, 3.8) is 0 Å². The van der Waals surface area contributed by atoms with E-state index >= 15 is 0 Å². The molecule has 1 aromatic carbocycles. The Balaban J connectivity index is 1.74. The minimum atomic E-state index is 0.0833. The van der Waals surface area contributed by atoms with Gasteiger partial charge in [0.1, 0.15) is 6.61 Å². The molecule has 4 heteroatoms. The first-order valence-electron chi connectivity index (χ1n) is 6.39. The summed E-state index contributed by atoms with van der Waals surface area (Å²) in [7, 11) is 0. The van der Waals surface area contributed by atoms with Crippen LogP contribution < -0.4 is 5.32 Å². The molecule has 18 heavy (non-hydrogen) atoms. The molecule has 0 aromatic heterocycles. The molecule has 1 amide bonds. The molecule has 1 fully saturated rings. The summed E-state index contributed by atoms with van der Waals surface area (Å²) in [6.07, 6.45) is 0. The predicted molar refractivity (Wildman–Crippen MR) is 70.1 cm³/mol. The number of ether oxygens (including phenoxy) is 1. The van der Waals surface area contributed by atoms with Crippen LogP contribution in [0.5, 0.6) is 0 Å². The second kappa shape index (κ2) is 6.52. The van der Waals surface area contributed by atoms with Crippen LogP contribution in [0.4, 0.5) is 0 Å². The molecule has 1 saturated heterocycles. The maximum absolute atomic E-state index is 12.0. The predicted octanol–water partition coefficient (Wildman–Crippen LogP) is 1.02. The van der Waals surface area contributed by atoms with E-state index in [1.165, 1.54) is 0 Å². The Labute approximate surface area is 108 Å². The lowest BCUT2D eigenvalue weighted by Gasteiger charge is -2.33. The molecule has 0 unspecified atom stereocenters. The fourth-order valence-corrected chi connectivity index (χ4v) is 2.12. The van der Waals surface area contributed by atoms with Crippen LogP contribution in [0, 0.1) is 0 Å². The quantitative estimate of drug-likeness (QED) is 0.865. The van der Waals surface area contributed by atoms with Crippen molar-refractivity contribution in [1.29, 1.82) is 0 Å². The molecule has 4 nitrogen and oxygen atoms in total. The van der Waals surface area contributed by atoms with Crippen LogP contribution in [-0.2, 0) is 16.1 Å². The van der Waals surface area contributed by atoms with Gasteiger partial charge in [-0.2, -0.15) is 0 Å². The van der Waals surface area contributed by atoms with Crippen LogP contribution in [0.2, 0.25) is 0 Å². The lowest BCUT2D eigenvalue weighted by Crippen LogP contribution is -2.53. The van der Waals surface area contributed by atoms with Gasteiger partial charge in [0, 0.05) is 25.7 Å². The minimum Gasteiger partial charge on any atom is -0.367 e. The molecular weight excluding hydrogens is 228 g/mol. The first-order chi connectivity index (χ1) is 8.77. The number of piperazine rings is 1. The van der Waals surface area contributed by atoms with Crippen molar-refractivity contribution in [3.05, 3.63) is 35.9 Å². The highest BCUT2D eigenvalue weighted by molar-refractivity contribution is 5.77. The molecule has 1 atom stereocenters. The van der Waals surface area contributed by atoms with Crippen molar-refractivity contribution in [1.82, 2.24) is 10.2 Å². The zero-order valence-corrected chi connectivity index (χ0v) is 10.8. The standard InChI is InChI=1S/C14H20N2O2/c1-12-9-15-7-8-16(12)14(17)11-18-10-13-5-3-2-4-6-13/h2-6,12,15H,7-11H2,1H3/t12-/m0/s1. The lowest BCUT2D eigenvalue weighted by molar-refractivity contribution is -0.139. The van der Waals surface area contributed by atoms with Gasteiger partial charge in [-0.25, -0.2) is 0 Å². The third-order valence-corrected chi connectivity index (χ3v) is 3.16. The molecule has 98 valence electrons. The molecule has 0 bridgehead atoms. The number of nitrogens with one attached hydrogen (secondary N) is 1. The summed E-state index contributed by atoms with van der Waals surface area (Å²) in [6, 6.07) is 10.2. The van der Waals surface area contributed by atoms with E-state index in [0.29, 0.717) is 6.61 Å². The van der Waals surface area contributed by atoms with Crippen LogP contribution in [0.1, 0.15) is 12.5 Å². The third-order valence-electron chi connectivity index (χ3n) is 3.16. The zero-order valence-electron chi connectivity index (χ0n) is 10.8. The first kappa shape index (κ1) is 13.1. The molecule has 0 saturated carbocycles. The van der Waals surface area contributed by atoms with E-state index in [0.717, 1.165) is 25.2 Å². The van der Waals surface area contributed by atoms with Crippen molar-refractivity contribution in [3.8, 4) is 0 Å². The molecular formula is C14H20N2O2. The number of carbonyl (C=O) groups is 1. The van der Waals surface area contributed by atoms with E-state index in [4.69, 9.17) is 4.74 Å². The summed E-state index contributed by atoms with van der Waals surface area (Å²) >= 11 is 0. The van der Waals surface area contributed by atoms with Gasteiger partial charge in [0.15, 0.2) is 0 Å². The van der Waals surface area contributed by atoms with Crippen LogP contribution in [0.3, 0.4) is 0 Å². The summed E-state index contributed by atoms with van der Waals surface area (Å²) in [6.45, 7) is 5.22. The van der Waals surface area contributed by atoms with E-state index in [2.05, 4.69) is 12.2 Å². The second-order valence-electron chi connectivity index (χ2n) is 4.62. The topological polar surface area (TPSA) is 41.6 Å². The van der Waals surface area contributed by atoms with Gasteiger partial charge in [-0.05, 0) is 12.5 Å². The molecule has 1 heterocycles. The van der Waals surface area contributed by atoms with E-state index < -0.39 is 0 Å². The first-order valence-corrected chi connectivity index (χ1v) is 6.39. The number of benzene rings is 1. The minimum absolute atomic E-state index is 0.0833. The summed E-state index contributed by atoms with van der Waals surface area (Å²) < 4.78 is 5.47. The normalized spacial score (nSPS) is 19.8. The van der Waals surface area contributed by atoms with Gasteiger partial charge in [0.05, 0.1) is 6.61 Å². The molecule has 0 spiro atoms. The van der Waals surface area contributed by atoms with Gasteiger partial charge in [0.2, 0.25) is 5.91 Å². The van der Waals surface area contributed by atoms with Gasteiger partial charge in [-0.15, -0.1) is 0 Å². The van der Waals surface area contributed by atoms with Crippen molar-refractivity contribution < 1.29 is 9.53 Å². The highest BCUT2D eigenvalue weighted by Crippen LogP contribution is 2.05. The maximum atomic E-state index is 12.0. The van der Waals surface area contributed by atoms with Crippen molar-refractivity contribution >= 4 is 5.91 Å². The van der Waals surface area contributed by atoms with Crippen LogP contribution in [0.25, 0.3) is 0 Å². The van der Waals surface area contributed by atoms with Crippen LogP contribution in [0.15, 0.2) is 30.3 Å². The zero-order chi connectivity index (χ0) is 12.8. The number of nitrogens with zero attached hydrogens (tertiary/aromatic N) is 1. The van der Waals surface area contributed by atoms with Crippen molar-refractivity contribution in [2.75, 3.05) is 26.2 Å². The molecule has 1 N–H and O–H groups in total. The molecule has 0 radical (unpaired) electrons. The SMILES string of the molecule is C[C@H]1CNCCN1C(=O)COCc1ccccc1. The van der Waals surface area contributed by atoms with E-state index in [1.54, 1.807) is 0 Å². The van der Waals surface area contributed by atoms with E-state index in [1.807, 2.05) is 35.2 Å². The number of hydrogen-bond acceptors (Lipinski definition) is 3. The fourth-order valence-electron chi connectivity index (χ4n) is 2.12. The van der Waals surface area contributed by atoms with Gasteiger partial charge < -0.3 is 15.0 Å². The van der Waals surface area contributed by atoms with E-state index in [9.17, 15) is 4.79 Å². The average Bonchev–Trinajstić information content (AvgIpc) is 2.40. The largest absolute Gasteiger partial charge is 0.367 e. The Bertz CT molecular complexity index is 381. The highest BCUT2D eigenvalue weighted by Gasteiger charge is 2.22. The number of amides is 1. The second-order valence-corrected chi connectivity index (χ2v) is 4.62. The summed E-state index contributed by atoms with van der Waals surface area (Å²) in [5, 5.41) is 3.27. The number of hydrogen-bond donors (Lipinski definition) is 1. The Hall–Kier alpha value is -1.39. The highest BCUT2D eigenvalue weighted by atomic mass is 16.5. The monoisotopic (exact) mass is 248 g/mol. The van der Waals surface area contributed by atoms with Gasteiger partial charge >= 0.3 is 0 Å². The summed E-state index contributed by atoms with van der Waals surface area (Å²) in [5.41, 5.74) is 1.10. The summed E-state index contributed by atoms with van der Waals surface area (Å²) in [4.78, 5) is 13.9. The van der Waals surface area contributed by atoms with Crippen molar-refractivity contribution in [2.45, 2.75) is 19.6 Å². The lowest BCUT2D eigenvalue weighted by atomic mass is 10.2. The van der Waals surface area contributed by atoms with Crippen LogP contribution in [-0.4, -0.2) is 43.1 Å². The molecule has 2 rings (SSSR count). The van der Waals surface area contributed by atoms with Crippen LogP contribution >= 0.6 is 0 Å². The Kier molecular flexibility index (Phi) is 4.73. The number of rotatable bonds is 4. The molecule has 1 aliphatic heterocycles. The van der Waals surface area contributed by atoms with E-state index in [-0.39, 0.29) is 18.6 Å². The molecule has 1 aliphatic rings. The summed E-state index contributed by atoms with van der Waals surface area (Å²) in [5.74, 6) is 0.0833. The molecule has 1 aromatic rings. The Morgan fingerprint density at radius 3 is 2.94 bits per heavy atom. The number of carbonyl (C=O) groups excluding carboxylic acids is 1. The Morgan fingerprint density at radius 1 is 1.44 bits per heavy atom. The third kappa shape index (κ3) is 3.55. The van der Waals surface area contributed by atoms with Gasteiger partial charge in [0.25, 0.3) is 0 Å². The maximum Gasteiger partial charge on any atom is 0.248 e. The molecule has 0 aliphatic carbocycles. The fraction of sp³-hybridized carbons (Fsp3) is 0.500. The van der Waals surface area contributed by atoms with Crippen molar-refractivity contribution in [2.24, 2.45) is 0 Å². The average molecular weight is 248 g/mol. The van der Waals surface area contributed by atoms with Gasteiger partial charge in [-0.1, -0.05) is 30.3 Å². The smallest absolute Gasteiger partial charge is 0.248 e.